The Kier molecular flexibility index (Phi) is 11.3. The predicted molar refractivity (Wildman–Crippen MR) is 122 cm³/mol. The Morgan fingerprint density at radius 2 is 1.59 bits per heavy atom. The van der Waals surface area contributed by atoms with Crippen LogP contribution in [0.15, 0.2) is 36.4 Å². The Bertz CT molecular complexity index is 805. The monoisotopic (exact) mass is 445 g/mol. The number of ketones is 1. The molecule has 32 heavy (non-hydrogen) atoms. The standard InChI is InChI=1S/C24H35N3O5/c1-16(2)14-21(22(29)25-27(15-17(3)4)24(31)18(5)28)20(23(30)26-32)13-9-12-19-10-7-6-8-11-19/h6-12,16-17,20-21,32H,13-15H2,1-5H3,(H,25,29)(H,26,30)/t20-,21+/m0/s1. The van der Waals surface area contributed by atoms with Crippen LogP contribution in [-0.4, -0.2) is 40.3 Å². The summed E-state index contributed by atoms with van der Waals surface area (Å²) in [6, 6.07) is 9.50. The van der Waals surface area contributed by atoms with E-state index in [2.05, 4.69) is 5.43 Å². The number of hydrogen-bond donors (Lipinski definition) is 3. The van der Waals surface area contributed by atoms with E-state index >= 15 is 0 Å². The van der Waals surface area contributed by atoms with E-state index in [0.717, 1.165) is 17.5 Å². The number of carbonyl (C=O) groups excluding carboxylic acids is 4. The van der Waals surface area contributed by atoms with Gasteiger partial charge in [-0.2, -0.15) is 0 Å². The van der Waals surface area contributed by atoms with Crippen LogP contribution in [0.4, 0.5) is 0 Å². The predicted octanol–water partition coefficient (Wildman–Crippen LogP) is 2.98. The first-order valence-electron chi connectivity index (χ1n) is 10.8. The van der Waals surface area contributed by atoms with Gasteiger partial charge in [-0.1, -0.05) is 70.2 Å². The normalized spacial score (nSPS) is 13.1. The number of hydrogen-bond acceptors (Lipinski definition) is 5. The number of hydroxylamine groups is 1. The van der Waals surface area contributed by atoms with Gasteiger partial charge in [0, 0.05) is 13.5 Å². The number of carbonyl (C=O) groups is 4. The summed E-state index contributed by atoms with van der Waals surface area (Å²) in [7, 11) is 0. The first-order chi connectivity index (χ1) is 15.1. The van der Waals surface area contributed by atoms with Crippen molar-refractivity contribution in [3.63, 3.8) is 0 Å². The first kappa shape index (κ1) is 27.0. The summed E-state index contributed by atoms with van der Waals surface area (Å²) in [5.74, 6) is -4.35. The Labute approximate surface area is 190 Å². The lowest BCUT2D eigenvalue weighted by molar-refractivity contribution is -0.152. The highest BCUT2D eigenvalue weighted by molar-refractivity contribution is 6.35. The maximum Gasteiger partial charge on any atom is 0.308 e. The molecular formula is C24H35N3O5. The number of hydrazine groups is 1. The SMILES string of the molecule is CC(=O)C(=O)N(CC(C)C)NC(=O)[C@H](CC(C)C)[C@H](CC=Cc1ccccc1)C(=O)NO. The van der Waals surface area contributed by atoms with Gasteiger partial charge >= 0.3 is 5.91 Å². The van der Waals surface area contributed by atoms with E-state index in [4.69, 9.17) is 0 Å². The molecule has 0 fully saturated rings. The van der Waals surface area contributed by atoms with Crippen molar-refractivity contribution in [3.05, 3.63) is 42.0 Å². The number of Topliss-reactive ketones (excluding diaryl/α,β-unsaturated/α-hetero) is 1. The molecule has 176 valence electrons. The molecule has 0 bridgehead atoms. The molecule has 1 aromatic rings. The largest absolute Gasteiger partial charge is 0.308 e. The third kappa shape index (κ3) is 9.01. The van der Waals surface area contributed by atoms with Gasteiger partial charge < -0.3 is 0 Å². The molecule has 0 aliphatic rings. The van der Waals surface area contributed by atoms with Crippen molar-refractivity contribution < 1.29 is 24.4 Å². The molecule has 1 aromatic carbocycles. The third-order valence-corrected chi connectivity index (χ3v) is 4.83. The molecular weight excluding hydrogens is 410 g/mol. The molecule has 0 radical (unpaired) electrons. The topological polar surface area (TPSA) is 116 Å². The molecule has 8 heteroatoms. The summed E-state index contributed by atoms with van der Waals surface area (Å²) >= 11 is 0. The van der Waals surface area contributed by atoms with Gasteiger partial charge in [0.15, 0.2) is 0 Å². The zero-order valence-electron chi connectivity index (χ0n) is 19.5. The summed E-state index contributed by atoms with van der Waals surface area (Å²) in [5.41, 5.74) is 5.14. The van der Waals surface area contributed by atoms with Crippen LogP contribution in [0, 0.1) is 23.7 Å². The lowest BCUT2D eigenvalue weighted by Crippen LogP contribution is -2.53. The molecule has 0 aromatic heterocycles. The maximum absolute atomic E-state index is 13.2. The van der Waals surface area contributed by atoms with E-state index in [0.29, 0.717) is 6.42 Å². The van der Waals surface area contributed by atoms with E-state index in [-0.39, 0.29) is 24.8 Å². The Balaban J connectivity index is 3.15. The Morgan fingerprint density at radius 1 is 0.969 bits per heavy atom. The maximum atomic E-state index is 13.2. The molecule has 0 saturated carbocycles. The van der Waals surface area contributed by atoms with E-state index in [9.17, 15) is 24.4 Å². The van der Waals surface area contributed by atoms with Crippen molar-refractivity contribution in [1.82, 2.24) is 15.9 Å². The summed E-state index contributed by atoms with van der Waals surface area (Å²) < 4.78 is 0. The molecule has 2 atom stereocenters. The van der Waals surface area contributed by atoms with Crippen molar-refractivity contribution in [2.75, 3.05) is 6.54 Å². The minimum Gasteiger partial charge on any atom is -0.289 e. The van der Waals surface area contributed by atoms with Gasteiger partial charge in [0.25, 0.3) is 0 Å². The lowest BCUT2D eigenvalue weighted by Gasteiger charge is -2.30. The fourth-order valence-corrected chi connectivity index (χ4v) is 3.36. The number of rotatable bonds is 11. The molecule has 8 nitrogen and oxygen atoms in total. The van der Waals surface area contributed by atoms with E-state index in [1.54, 1.807) is 11.6 Å². The fraction of sp³-hybridized carbons (Fsp3) is 0.500. The van der Waals surface area contributed by atoms with Crippen molar-refractivity contribution in [1.29, 1.82) is 0 Å². The van der Waals surface area contributed by atoms with Crippen LogP contribution in [0.5, 0.6) is 0 Å². The molecule has 0 heterocycles. The Morgan fingerprint density at radius 3 is 2.09 bits per heavy atom. The number of allylic oxidation sites excluding steroid dienone is 1. The minimum atomic E-state index is -0.865. The van der Waals surface area contributed by atoms with Gasteiger partial charge in [-0.15, -0.1) is 0 Å². The van der Waals surface area contributed by atoms with Crippen molar-refractivity contribution in [2.45, 2.75) is 47.5 Å². The van der Waals surface area contributed by atoms with Crippen molar-refractivity contribution in [3.8, 4) is 0 Å². The number of amides is 3. The second kappa shape index (κ2) is 13.4. The van der Waals surface area contributed by atoms with Crippen LogP contribution in [-0.2, 0) is 19.2 Å². The zero-order chi connectivity index (χ0) is 24.3. The summed E-state index contributed by atoms with van der Waals surface area (Å²) in [5, 5.41) is 10.3. The van der Waals surface area contributed by atoms with E-state index in [1.165, 1.54) is 0 Å². The second-order valence-corrected chi connectivity index (χ2v) is 8.71. The van der Waals surface area contributed by atoms with Crippen LogP contribution in [0.3, 0.4) is 0 Å². The van der Waals surface area contributed by atoms with Crippen molar-refractivity contribution >= 4 is 29.6 Å². The molecule has 3 N–H and O–H groups in total. The average Bonchev–Trinajstić information content (AvgIpc) is 2.74. The molecule has 0 saturated heterocycles. The first-order valence-corrected chi connectivity index (χ1v) is 10.8. The van der Waals surface area contributed by atoms with E-state index in [1.807, 2.05) is 64.1 Å². The second-order valence-electron chi connectivity index (χ2n) is 8.71. The van der Waals surface area contributed by atoms with E-state index < -0.39 is 35.3 Å². The van der Waals surface area contributed by atoms with Crippen LogP contribution in [0.2, 0.25) is 0 Å². The fourth-order valence-electron chi connectivity index (χ4n) is 3.36. The smallest absolute Gasteiger partial charge is 0.289 e. The summed E-state index contributed by atoms with van der Waals surface area (Å²) in [6.07, 6.45) is 4.18. The van der Waals surface area contributed by atoms with Crippen LogP contribution < -0.4 is 10.9 Å². The third-order valence-electron chi connectivity index (χ3n) is 4.83. The highest BCUT2D eigenvalue weighted by atomic mass is 16.5. The molecule has 0 aliphatic heterocycles. The lowest BCUT2D eigenvalue weighted by atomic mass is 9.82. The molecule has 0 aliphatic carbocycles. The van der Waals surface area contributed by atoms with Gasteiger partial charge in [-0.25, -0.2) is 10.5 Å². The minimum absolute atomic E-state index is 0.00694. The van der Waals surface area contributed by atoms with Crippen LogP contribution in [0.1, 0.15) is 53.0 Å². The van der Waals surface area contributed by atoms with Gasteiger partial charge in [0.05, 0.1) is 11.8 Å². The Hall–Kier alpha value is -3.00. The molecule has 0 spiro atoms. The highest BCUT2D eigenvalue weighted by Gasteiger charge is 2.35. The zero-order valence-corrected chi connectivity index (χ0v) is 19.5. The van der Waals surface area contributed by atoms with Gasteiger partial charge in [-0.05, 0) is 30.2 Å². The number of nitrogens with zero attached hydrogens (tertiary/aromatic N) is 1. The molecule has 3 amide bonds. The number of benzene rings is 1. The summed E-state index contributed by atoms with van der Waals surface area (Å²) in [4.78, 5) is 49.6. The molecule has 1 rings (SSSR count). The average molecular weight is 446 g/mol. The quantitative estimate of drug-likeness (QED) is 0.275. The van der Waals surface area contributed by atoms with Gasteiger partial charge in [0.2, 0.25) is 17.6 Å². The number of nitrogens with one attached hydrogen (secondary N) is 2. The van der Waals surface area contributed by atoms with Gasteiger partial charge in [-0.3, -0.25) is 29.8 Å². The van der Waals surface area contributed by atoms with Crippen molar-refractivity contribution in [2.24, 2.45) is 23.7 Å². The summed E-state index contributed by atoms with van der Waals surface area (Å²) in [6.45, 7) is 8.84. The van der Waals surface area contributed by atoms with Gasteiger partial charge in [0.1, 0.15) is 0 Å². The van der Waals surface area contributed by atoms with Crippen LogP contribution >= 0.6 is 0 Å². The van der Waals surface area contributed by atoms with Crippen LogP contribution in [0.25, 0.3) is 6.08 Å². The molecule has 0 unspecified atom stereocenters. The highest BCUT2D eigenvalue weighted by Crippen LogP contribution is 2.25.